The van der Waals surface area contributed by atoms with Crippen molar-refractivity contribution in [2.75, 3.05) is 44.0 Å². The molecule has 0 radical (unpaired) electrons. The van der Waals surface area contributed by atoms with Crippen LogP contribution in [0.5, 0.6) is 0 Å². The van der Waals surface area contributed by atoms with Crippen molar-refractivity contribution >= 4 is 17.4 Å². The molecule has 7 nitrogen and oxygen atoms in total. The molecule has 1 amide bonds. The standard InChI is InChI=1S/C24H29N5O2/c1-16-15-28(10-11-29(16)22(30)9-12-31-2)24-19(14-25)13-21(23(27-24)18-3-4-18)17-5-7-20(26)8-6-17/h5-8,13,16,18H,3-4,9-12,15,26H2,1-2H3. The Morgan fingerprint density at radius 1 is 1.29 bits per heavy atom. The molecule has 2 aromatic rings. The third kappa shape index (κ3) is 4.49. The fourth-order valence-electron chi connectivity index (χ4n) is 4.26. The zero-order valence-corrected chi connectivity index (χ0v) is 18.2. The van der Waals surface area contributed by atoms with Gasteiger partial charge in [-0.25, -0.2) is 4.98 Å². The van der Waals surface area contributed by atoms with Crippen molar-refractivity contribution in [1.82, 2.24) is 9.88 Å². The second-order valence-electron chi connectivity index (χ2n) is 8.43. The number of aromatic nitrogens is 1. The van der Waals surface area contributed by atoms with E-state index in [9.17, 15) is 10.1 Å². The Morgan fingerprint density at radius 3 is 2.65 bits per heavy atom. The number of hydrogen-bond acceptors (Lipinski definition) is 6. The Hall–Kier alpha value is -3.11. The van der Waals surface area contributed by atoms with E-state index in [2.05, 4.69) is 11.0 Å². The molecule has 2 aliphatic rings. The molecule has 0 spiro atoms. The zero-order valence-electron chi connectivity index (χ0n) is 18.2. The monoisotopic (exact) mass is 419 g/mol. The lowest BCUT2D eigenvalue weighted by molar-refractivity contribution is -0.134. The Bertz CT molecular complexity index is 994. The Morgan fingerprint density at radius 2 is 2.03 bits per heavy atom. The van der Waals surface area contributed by atoms with E-state index in [1.165, 1.54) is 0 Å². The van der Waals surface area contributed by atoms with Gasteiger partial charge in [0.2, 0.25) is 5.91 Å². The van der Waals surface area contributed by atoms with Crippen LogP contribution < -0.4 is 10.6 Å². The first-order valence-corrected chi connectivity index (χ1v) is 10.9. The molecule has 4 rings (SSSR count). The van der Waals surface area contributed by atoms with E-state index in [1.807, 2.05) is 42.2 Å². The van der Waals surface area contributed by atoms with Crippen LogP contribution in [0.2, 0.25) is 0 Å². The van der Waals surface area contributed by atoms with Gasteiger partial charge in [-0.15, -0.1) is 0 Å². The molecule has 31 heavy (non-hydrogen) atoms. The molecule has 1 atom stereocenters. The highest BCUT2D eigenvalue weighted by atomic mass is 16.5. The minimum Gasteiger partial charge on any atom is -0.399 e. The summed E-state index contributed by atoms with van der Waals surface area (Å²) in [4.78, 5) is 21.6. The lowest BCUT2D eigenvalue weighted by Crippen LogP contribution is -2.54. The maximum absolute atomic E-state index is 12.5. The summed E-state index contributed by atoms with van der Waals surface area (Å²) in [5, 5.41) is 9.90. The smallest absolute Gasteiger partial charge is 0.225 e. The summed E-state index contributed by atoms with van der Waals surface area (Å²) in [6.07, 6.45) is 2.64. The number of hydrogen-bond donors (Lipinski definition) is 1. The molecule has 1 aliphatic heterocycles. The number of ether oxygens (including phenoxy) is 1. The Kier molecular flexibility index (Phi) is 6.10. The van der Waals surface area contributed by atoms with E-state index in [-0.39, 0.29) is 11.9 Å². The predicted molar refractivity (Wildman–Crippen MR) is 121 cm³/mol. The number of pyridine rings is 1. The minimum atomic E-state index is 0.0487. The predicted octanol–water partition coefficient (Wildman–Crippen LogP) is 3.15. The van der Waals surface area contributed by atoms with Gasteiger partial charge in [0.05, 0.1) is 24.3 Å². The van der Waals surface area contributed by atoms with Crippen LogP contribution in [0.4, 0.5) is 11.5 Å². The number of carbonyl (C=O) groups excluding carboxylic acids is 1. The number of nitriles is 1. The van der Waals surface area contributed by atoms with Crippen LogP contribution in [0, 0.1) is 11.3 Å². The first kappa shape index (κ1) is 21.1. The fourth-order valence-corrected chi connectivity index (χ4v) is 4.26. The normalized spacial score (nSPS) is 18.7. The Labute approximate surface area is 183 Å². The topological polar surface area (TPSA) is 95.5 Å². The van der Waals surface area contributed by atoms with Gasteiger partial charge in [-0.2, -0.15) is 5.26 Å². The highest BCUT2D eigenvalue weighted by molar-refractivity contribution is 5.77. The number of nitrogens with zero attached hydrogens (tertiary/aromatic N) is 4. The van der Waals surface area contributed by atoms with E-state index in [1.54, 1.807) is 7.11 Å². The van der Waals surface area contributed by atoms with E-state index in [0.29, 0.717) is 49.8 Å². The van der Waals surface area contributed by atoms with E-state index in [0.717, 1.165) is 35.5 Å². The van der Waals surface area contributed by atoms with E-state index in [4.69, 9.17) is 15.5 Å². The van der Waals surface area contributed by atoms with Crippen molar-refractivity contribution < 1.29 is 9.53 Å². The van der Waals surface area contributed by atoms with Gasteiger partial charge in [0.15, 0.2) is 0 Å². The molecular formula is C24H29N5O2. The number of nitrogen functional groups attached to an aromatic ring is 1. The van der Waals surface area contributed by atoms with Crippen LogP contribution in [0.15, 0.2) is 30.3 Å². The minimum absolute atomic E-state index is 0.0487. The maximum Gasteiger partial charge on any atom is 0.225 e. The lowest BCUT2D eigenvalue weighted by Gasteiger charge is -2.41. The SMILES string of the molecule is COCCC(=O)N1CCN(c2nc(C3CC3)c(-c3ccc(N)cc3)cc2C#N)CC1C. The van der Waals surface area contributed by atoms with Crippen LogP contribution in [0.1, 0.15) is 43.4 Å². The van der Waals surface area contributed by atoms with Crippen LogP contribution in [0.25, 0.3) is 11.1 Å². The van der Waals surface area contributed by atoms with Gasteiger partial charge in [0.1, 0.15) is 11.9 Å². The summed E-state index contributed by atoms with van der Waals surface area (Å²) in [5.41, 5.74) is 10.3. The molecule has 2 heterocycles. The number of amides is 1. The van der Waals surface area contributed by atoms with Crippen molar-refractivity contribution in [3.8, 4) is 17.2 Å². The largest absolute Gasteiger partial charge is 0.399 e. The molecule has 1 saturated carbocycles. The number of anilines is 2. The average molecular weight is 420 g/mol. The van der Waals surface area contributed by atoms with Crippen LogP contribution in [-0.2, 0) is 9.53 Å². The second-order valence-corrected chi connectivity index (χ2v) is 8.43. The highest BCUT2D eigenvalue weighted by Gasteiger charge is 2.33. The van der Waals surface area contributed by atoms with Gasteiger partial charge in [-0.05, 0) is 43.5 Å². The third-order valence-electron chi connectivity index (χ3n) is 6.11. The fraction of sp³-hybridized carbons (Fsp3) is 0.458. The third-order valence-corrected chi connectivity index (χ3v) is 6.11. The number of piperazine rings is 1. The van der Waals surface area contributed by atoms with Gasteiger partial charge in [-0.1, -0.05) is 12.1 Å². The maximum atomic E-state index is 12.5. The molecular weight excluding hydrogens is 390 g/mol. The molecule has 7 heteroatoms. The number of carbonyl (C=O) groups is 1. The van der Waals surface area contributed by atoms with Crippen LogP contribution >= 0.6 is 0 Å². The van der Waals surface area contributed by atoms with Crippen molar-refractivity contribution in [3.05, 3.63) is 41.6 Å². The first-order valence-electron chi connectivity index (χ1n) is 10.9. The molecule has 0 bridgehead atoms. The first-order chi connectivity index (χ1) is 15.0. The van der Waals surface area contributed by atoms with Gasteiger partial charge >= 0.3 is 0 Å². The van der Waals surface area contributed by atoms with Crippen molar-refractivity contribution in [3.63, 3.8) is 0 Å². The molecule has 2 fully saturated rings. The van der Waals surface area contributed by atoms with E-state index >= 15 is 0 Å². The molecule has 2 N–H and O–H groups in total. The van der Waals surface area contributed by atoms with Crippen molar-refractivity contribution in [2.24, 2.45) is 0 Å². The average Bonchev–Trinajstić information content (AvgIpc) is 3.62. The molecule has 1 saturated heterocycles. The summed E-state index contributed by atoms with van der Waals surface area (Å²) in [6, 6.07) is 12.1. The van der Waals surface area contributed by atoms with Gasteiger partial charge in [-0.3, -0.25) is 4.79 Å². The highest BCUT2D eigenvalue weighted by Crippen LogP contribution is 2.45. The van der Waals surface area contributed by atoms with Crippen LogP contribution in [-0.4, -0.2) is 55.2 Å². The van der Waals surface area contributed by atoms with Crippen LogP contribution in [0.3, 0.4) is 0 Å². The summed E-state index contributed by atoms with van der Waals surface area (Å²) in [7, 11) is 1.61. The number of nitrogens with two attached hydrogens (primary N) is 1. The summed E-state index contributed by atoms with van der Waals surface area (Å²) in [6.45, 7) is 4.42. The molecule has 1 aromatic carbocycles. The molecule has 1 unspecified atom stereocenters. The molecule has 162 valence electrons. The molecule has 1 aliphatic carbocycles. The quantitative estimate of drug-likeness (QED) is 0.723. The van der Waals surface area contributed by atoms with Gasteiger partial charge in [0.25, 0.3) is 0 Å². The van der Waals surface area contributed by atoms with Crippen molar-refractivity contribution in [1.29, 1.82) is 5.26 Å². The van der Waals surface area contributed by atoms with Gasteiger partial charge in [0, 0.05) is 50.0 Å². The van der Waals surface area contributed by atoms with Gasteiger partial charge < -0.3 is 20.3 Å². The number of methoxy groups -OCH3 is 1. The second kappa shape index (κ2) is 8.94. The summed E-state index contributed by atoms with van der Waals surface area (Å²) >= 11 is 0. The number of benzene rings is 1. The summed E-state index contributed by atoms with van der Waals surface area (Å²) < 4.78 is 5.04. The van der Waals surface area contributed by atoms with Crippen molar-refractivity contribution in [2.45, 2.75) is 38.1 Å². The number of rotatable bonds is 6. The lowest BCUT2D eigenvalue weighted by atomic mass is 9.98. The van der Waals surface area contributed by atoms with E-state index < -0.39 is 0 Å². The Balaban J connectivity index is 1.62. The molecule has 1 aromatic heterocycles. The zero-order chi connectivity index (χ0) is 22.0. The summed E-state index contributed by atoms with van der Waals surface area (Å²) in [5.74, 6) is 1.28.